The van der Waals surface area contributed by atoms with Crippen molar-refractivity contribution in [1.29, 1.82) is 0 Å². The maximum Gasteiger partial charge on any atom is 0.222 e. The van der Waals surface area contributed by atoms with Crippen molar-refractivity contribution in [2.24, 2.45) is 0 Å². The van der Waals surface area contributed by atoms with Crippen LogP contribution in [-0.2, 0) is 0 Å². The molecule has 0 spiro atoms. The summed E-state index contributed by atoms with van der Waals surface area (Å²) in [5, 5.41) is 3.35. The van der Waals surface area contributed by atoms with Crippen LogP contribution in [0.1, 0.15) is 29.4 Å². The van der Waals surface area contributed by atoms with Gasteiger partial charge in [0.1, 0.15) is 11.6 Å². The van der Waals surface area contributed by atoms with Crippen molar-refractivity contribution >= 4 is 0 Å². The largest absolute Gasteiger partial charge is 0.439 e. The monoisotopic (exact) mass is 269 g/mol. The molecule has 3 rings (SSSR count). The van der Waals surface area contributed by atoms with Gasteiger partial charge in [-0.05, 0) is 38.4 Å². The maximum absolute atomic E-state index is 5.92. The minimum absolute atomic E-state index is 0.397. The Morgan fingerprint density at radius 3 is 2.80 bits per heavy atom. The quantitative estimate of drug-likeness (QED) is 0.930. The number of para-hydroxylation sites is 1. The number of nitrogens with one attached hydrogen (secondary N) is 1. The predicted octanol–water partition coefficient (Wildman–Crippen LogP) is 2.96. The van der Waals surface area contributed by atoms with E-state index in [1.165, 1.54) is 0 Å². The summed E-state index contributed by atoms with van der Waals surface area (Å²) >= 11 is 0. The average molecular weight is 269 g/mol. The van der Waals surface area contributed by atoms with E-state index >= 15 is 0 Å². The van der Waals surface area contributed by atoms with Crippen LogP contribution in [0.2, 0.25) is 0 Å². The first-order valence-corrected chi connectivity index (χ1v) is 7.02. The standard InChI is InChI=1S/C16H19N3O/c1-11-5-3-4-6-14(11)20-15-9-12(2)18-16(19-15)13-7-8-17-10-13/h3-6,9,13,17H,7-8,10H2,1-2H3. The molecule has 0 amide bonds. The summed E-state index contributed by atoms with van der Waals surface area (Å²) in [4.78, 5) is 9.13. The number of hydrogen-bond donors (Lipinski definition) is 1. The Hall–Kier alpha value is -1.94. The molecule has 2 aromatic rings. The number of aryl methyl sites for hydroxylation is 2. The molecule has 1 aliphatic rings. The lowest BCUT2D eigenvalue weighted by molar-refractivity contribution is 0.451. The highest BCUT2D eigenvalue weighted by molar-refractivity contribution is 5.35. The molecule has 1 aliphatic heterocycles. The lowest BCUT2D eigenvalue weighted by atomic mass is 10.1. The SMILES string of the molecule is Cc1cc(Oc2ccccc2C)nc(C2CCNC2)n1. The minimum Gasteiger partial charge on any atom is -0.439 e. The van der Waals surface area contributed by atoms with E-state index < -0.39 is 0 Å². The Bertz CT molecular complexity index is 606. The van der Waals surface area contributed by atoms with Gasteiger partial charge in [0.15, 0.2) is 0 Å². The van der Waals surface area contributed by atoms with Gasteiger partial charge in [0.05, 0.1) is 0 Å². The van der Waals surface area contributed by atoms with Gasteiger partial charge in [0, 0.05) is 24.2 Å². The average Bonchev–Trinajstić information content (AvgIpc) is 2.95. The molecule has 104 valence electrons. The molecule has 1 unspecified atom stereocenters. The van der Waals surface area contributed by atoms with Crippen molar-refractivity contribution in [3.05, 3.63) is 47.4 Å². The van der Waals surface area contributed by atoms with E-state index in [4.69, 9.17) is 4.74 Å². The van der Waals surface area contributed by atoms with Crippen LogP contribution in [0.4, 0.5) is 0 Å². The fraction of sp³-hybridized carbons (Fsp3) is 0.375. The third-order valence-electron chi connectivity index (χ3n) is 3.58. The van der Waals surface area contributed by atoms with Crippen molar-refractivity contribution < 1.29 is 4.74 Å². The normalized spacial score (nSPS) is 18.2. The smallest absolute Gasteiger partial charge is 0.222 e. The first kappa shape index (κ1) is 13.1. The van der Waals surface area contributed by atoms with E-state index in [1.807, 2.05) is 44.2 Å². The molecule has 1 saturated heterocycles. The van der Waals surface area contributed by atoms with E-state index in [1.54, 1.807) is 0 Å². The second kappa shape index (κ2) is 5.59. The maximum atomic E-state index is 5.92. The Kier molecular flexibility index (Phi) is 3.65. The van der Waals surface area contributed by atoms with Gasteiger partial charge >= 0.3 is 0 Å². The molecule has 4 nitrogen and oxygen atoms in total. The van der Waals surface area contributed by atoms with Gasteiger partial charge in [-0.3, -0.25) is 0 Å². The summed E-state index contributed by atoms with van der Waals surface area (Å²) < 4.78 is 5.92. The summed E-state index contributed by atoms with van der Waals surface area (Å²) in [6.07, 6.45) is 1.09. The van der Waals surface area contributed by atoms with Gasteiger partial charge in [-0.15, -0.1) is 0 Å². The predicted molar refractivity (Wildman–Crippen MR) is 78.2 cm³/mol. The molecule has 1 fully saturated rings. The summed E-state index contributed by atoms with van der Waals surface area (Å²) in [5.74, 6) is 2.77. The summed E-state index contributed by atoms with van der Waals surface area (Å²) in [5.41, 5.74) is 2.05. The Balaban J connectivity index is 1.88. The number of aromatic nitrogens is 2. The van der Waals surface area contributed by atoms with Gasteiger partial charge in [0.25, 0.3) is 0 Å². The van der Waals surface area contributed by atoms with Gasteiger partial charge in [0.2, 0.25) is 5.88 Å². The lowest BCUT2D eigenvalue weighted by Crippen LogP contribution is -2.11. The van der Waals surface area contributed by atoms with Crippen molar-refractivity contribution in [3.63, 3.8) is 0 Å². The molecule has 0 bridgehead atoms. The zero-order valence-electron chi connectivity index (χ0n) is 11.9. The van der Waals surface area contributed by atoms with Gasteiger partial charge < -0.3 is 10.1 Å². The van der Waals surface area contributed by atoms with Crippen LogP contribution in [0.3, 0.4) is 0 Å². The molecule has 0 saturated carbocycles. The second-order valence-corrected chi connectivity index (χ2v) is 5.26. The first-order chi connectivity index (χ1) is 9.72. The zero-order valence-corrected chi connectivity index (χ0v) is 11.9. The fourth-order valence-electron chi connectivity index (χ4n) is 2.46. The Morgan fingerprint density at radius 2 is 2.05 bits per heavy atom. The van der Waals surface area contributed by atoms with Crippen molar-refractivity contribution in [1.82, 2.24) is 15.3 Å². The fourth-order valence-corrected chi connectivity index (χ4v) is 2.46. The van der Waals surface area contributed by atoms with Crippen LogP contribution < -0.4 is 10.1 Å². The van der Waals surface area contributed by atoms with Crippen LogP contribution in [0.5, 0.6) is 11.6 Å². The van der Waals surface area contributed by atoms with Gasteiger partial charge in [-0.2, -0.15) is 4.98 Å². The number of nitrogens with zero attached hydrogens (tertiary/aromatic N) is 2. The third kappa shape index (κ3) is 2.80. The third-order valence-corrected chi connectivity index (χ3v) is 3.58. The Labute approximate surface area is 119 Å². The highest BCUT2D eigenvalue weighted by atomic mass is 16.5. The number of ether oxygens (including phenoxy) is 1. The second-order valence-electron chi connectivity index (χ2n) is 5.26. The zero-order chi connectivity index (χ0) is 13.9. The highest BCUT2D eigenvalue weighted by Gasteiger charge is 2.20. The number of benzene rings is 1. The lowest BCUT2D eigenvalue weighted by Gasteiger charge is -2.12. The van der Waals surface area contributed by atoms with E-state index in [0.717, 1.165) is 42.3 Å². The number of hydrogen-bond acceptors (Lipinski definition) is 4. The molecule has 1 N–H and O–H groups in total. The van der Waals surface area contributed by atoms with Crippen molar-refractivity contribution in [2.45, 2.75) is 26.2 Å². The molecule has 2 heterocycles. The van der Waals surface area contributed by atoms with Crippen LogP contribution >= 0.6 is 0 Å². The molecule has 1 aromatic carbocycles. The molecular weight excluding hydrogens is 250 g/mol. The van der Waals surface area contributed by atoms with E-state index in [0.29, 0.717) is 11.8 Å². The summed E-state index contributed by atoms with van der Waals surface area (Å²) in [7, 11) is 0. The molecular formula is C16H19N3O. The van der Waals surface area contributed by atoms with Crippen molar-refractivity contribution in [3.8, 4) is 11.6 Å². The summed E-state index contributed by atoms with van der Waals surface area (Å²) in [6, 6.07) is 9.86. The topological polar surface area (TPSA) is 47.0 Å². The highest BCUT2D eigenvalue weighted by Crippen LogP contribution is 2.26. The minimum atomic E-state index is 0.397. The number of rotatable bonds is 3. The van der Waals surface area contributed by atoms with Crippen LogP contribution in [0.15, 0.2) is 30.3 Å². The molecule has 4 heteroatoms. The molecule has 0 radical (unpaired) electrons. The van der Waals surface area contributed by atoms with E-state index in [-0.39, 0.29) is 0 Å². The molecule has 1 aromatic heterocycles. The van der Waals surface area contributed by atoms with E-state index in [2.05, 4.69) is 15.3 Å². The van der Waals surface area contributed by atoms with E-state index in [9.17, 15) is 0 Å². The van der Waals surface area contributed by atoms with Gasteiger partial charge in [-0.25, -0.2) is 4.98 Å². The van der Waals surface area contributed by atoms with Crippen molar-refractivity contribution in [2.75, 3.05) is 13.1 Å². The molecule has 20 heavy (non-hydrogen) atoms. The van der Waals surface area contributed by atoms with Crippen LogP contribution in [0.25, 0.3) is 0 Å². The van der Waals surface area contributed by atoms with Gasteiger partial charge in [-0.1, -0.05) is 18.2 Å². The first-order valence-electron chi connectivity index (χ1n) is 7.02. The molecule has 0 aliphatic carbocycles. The summed E-state index contributed by atoms with van der Waals surface area (Å²) in [6.45, 7) is 6.01. The van der Waals surface area contributed by atoms with Crippen LogP contribution in [-0.4, -0.2) is 23.1 Å². The molecule has 1 atom stereocenters. The van der Waals surface area contributed by atoms with Crippen LogP contribution in [0, 0.1) is 13.8 Å². The Morgan fingerprint density at radius 1 is 1.20 bits per heavy atom.